The van der Waals surface area contributed by atoms with Gasteiger partial charge in [-0.25, -0.2) is 9.59 Å². The van der Waals surface area contributed by atoms with Crippen LogP contribution in [0, 0.1) is 23.7 Å². The Morgan fingerprint density at radius 2 is 1.15 bits per heavy atom. The second-order valence-electron chi connectivity index (χ2n) is 12.6. The zero-order valence-corrected chi connectivity index (χ0v) is 28.8. The summed E-state index contributed by atoms with van der Waals surface area (Å²) in [6, 6.07) is 0. The Bertz CT molecular complexity index is 1410. The molecule has 0 radical (unpaired) electrons. The first-order chi connectivity index (χ1) is 25.3. The summed E-state index contributed by atoms with van der Waals surface area (Å²) >= 11 is 0. The minimum atomic E-state index is -1.81. The highest BCUT2D eigenvalue weighted by molar-refractivity contribution is 5.92. The van der Waals surface area contributed by atoms with Crippen LogP contribution in [0.3, 0.4) is 0 Å². The molecule has 53 heavy (non-hydrogen) atoms. The molecule has 0 amide bonds. The molecule has 0 aromatic heterocycles. The van der Waals surface area contributed by atoms with Gasteiger partial charge >= 0.3 is 11.9 Å². The SMILES string of the molecule is C=CC1C(OC2OC(CO)C(O)C(O)C2O)OC=C(C(=O)OC)C1CC=C(C=O)C1C(C(=O)OC)=COC(OC2OC(CO)C(O)C(O)C2O)C1C=C. The van der Waals surface area contributed by atoms with Gasteiger partial charge in [-0.3, -0.25) is 4.79 Å². The topological polar surface area (TPSA) is 287 Å². The Labute approximate surface area is 303 Å². The predicted molar refractivity (Wildman–Crippen MR) is 173 cm³/mol. The van der Waals surface area contributed by atoms with Crippen LogP contribution in [0.1, 0.15) is 6.42 Å². The lowest BCUT2D eigenvalue weighted by Gasteiger charge is -2.43. The van der Waals surface area contributed by atoms with Crippen LogP contribution in [0.2, 0.25) is 0 Å². The lowest BCUT2D eigenvalue weighted by molar-refractivity contribution is -0.339. The van der Waals surface area contributed by atoms with E-state index in [-0.39, 0.29) is 23.1 Å². The van der Waals surface area contributed by atoms with E-state index in [1.807, 2.05) is 0 Å². The van der Waals surface area contributed by atoms with Crippen LogP contribution in [0.5, 0.6) is 0 Å². The maximum Gasteiger partial charge on any atom is 0.337 e. The fraction of sp³-hybridized carbons (Fsp3) is 0.618. The van der Waals surface area contributed by atoms with E-state index < -0.39 is 123 Å². The number of hydrogen-bond donors (Lipinski definition) is 8. The number of hydrogen-bond acceptors (Lipinski definition) is 19. The fourth-order valence-electron chi connectivity index (χ4n) is 6.58. The van der Waals surface area contributed by atoms with Crippen LogP contribution in [-0.4, -0.2) is 161 Å². The molecule has 16 atom stereocenters. The van der Waals surface area contributed by atoms with Gasteiger partial charge in [0.05, 0.1) is 57.0 Å². The van der Waals surface area contributed by atoms with E-state index in [0.717, 1.165) is 26.7 Å². The molecule has 0 bridgehead atoms. The summed E-state index contributed by atoms with van der Waals surface area (Å²) in [5.41, 5.74) is -0.223. The molecule has 2 fully saturated rings. The minimum Gasteiger partial charge on any atom is -0.471 e. The number of esters is 2. The molecule has 0 aromatic carbocycles. The Morgan fingerprint density at radius 1 is 0.698 bits per heavy atom. The predicted octanol–water partition coefficient (Wildman–Crippen LogP) is -3.20. The summed E-state index contributed by atoms with van der Waals surface area (Å²) in [6.45, 7) is 6.16. The maximum absolute atomic E-state index is 13.0. The number of aldehydes is 1. The van der Waals surface area contributed by atoms with Crippen LogP contribution in [0.25, 0.3) is 0 Å². The maximum atomic E-state index is 13.0. The molecule has 19 heteroatoms. The quantitative estimate of drug-likeness (QED) is 0.0375. The molecule has 16 unspecified atom stereocenters. The van der Waals surface area contributed by atoms with Crippen molar-refractivity contribution in [3.05, 3.63) is 60.6 Å². The molecule has 0 spiro atoms. The third kappa shape index (κ3) is 8.72. The second-order valence-corrected chi connectivity index (χ2v) is 12.6. The monoisotopic (exact) mass is 758 g/mol. The van der Waals surface area contributed by atoms with Crippen molar-refractivity contribution in [3.63, 3.8) is 0 Å². The van der Waals surface area contributed by atoms with Crippen molar-refractivity contribution < 1.29 is 93.1 Å². The van der Waals surface area contributed by atoms with Crippen LogP contribution in [0.4, 0.5) is 0 Å². The van der Waals surface area contributed by atoms with Gasteiger partial charge in [-0.2, -0.15) is 0 Å². The number of allylic oxidation sites excluding steroid dienone is 2. The number of ether oxygens (including phenoxy) is 8. The molecule has 4 aliphatic rings. The first-order valence-corrected chi connectivity index (χ1v) is 16.5. The molecule has 0 aromatic rings. The van der Waals surface area contributed by atoms with Gasteiger partial charge < -0.3 is 78.7 Å². The minimum absolute atomic E-state index is 0.0210. The van der Waals surface area contributed by atoms with Gasteiger partial charge in [0.1, 0.15) is 55.1 Å². The summed E-state index contributed by atoms with van der Waals surface area (Å²) in [4.78, 5) is 38.7. The van der Waals surface area contributed by atoms with Crippen molar-refractivity contribution in [3.8, 4) is 0 Å². The molecule has 4 rings (SSSR count). The average molecular weight is 759 g/mol. The van der Waals surface area contributed by atoms with Gasteiger partial charge in [-0.05, 0) is 12.0 Å². The largest absolute Gasteiger partial charge is 0.471 e. The van der Waals surface area contributed by atoms with Gasteiger partial charge in [-0.15, -0.1) is 13.2 Å². The normalized spacial score (nSPS) is 40.4. The van der Waals surface area contributed by atoms with Crippen molar-refractivity contribution in [1.82, 2.24) is 0 Å². The number of rotatable bonds is 14. The molecule has 0 aliphatic carbocycles. The highest BCUT2D eigenvalue weighted by Gasteiger charge is 2.50. The highest BCUT2D eigenvalue weighted by atomic mass is 16.8. The molecule has 0 saturated carbocycles. The molecule has 4 heterocycles. The van der Waals surface area contributed by atoms with E-state index in [2.05, 4.69) is 13.2 Å². The van der Waals surface area contributed by atoms with Gasteiger partial charge in [0.25, 0.3) is 0 Å². The molecular weight excluding hydrogens is 712 g/mol. The lowest BCUT2D eigenvalue weighted by Crippen LogP contribution is -2.60. The van der Waals surface area contributed by atoms with Crippen LogP contribution >= 0.6 is 0 Å². The highest BCUT2D eigenvalue weighted by Crippen LogP contribution is 2.41. The zero-order valence-electron chi connectivity index (χ0n) is 28.8. The number of aliphatic hydroxyl groups is 8. The lowest BCUT2D eigenvalue weighted by atomic mass is 9.76. The van der Waals surface area contributed by atoms with Crippen LogP contribution in [0.15, 0.2) is 60.6 Å². The fourth-order valence-corrected chi connectivity index (χ4v) is 6.58. The van der Waals surface area contributed by atoms with Crippen LogP contribution in [-0.2, 0) is 52.3 Å². The Morgan fingerprint density at radius 3 is 1.58 bits per heavy atom. The summed E-state index contributed by atoms with van der Waals surface area (Å²) < 4.78 is 43.7. The molecule has 2 saturated heterocycles. The van der Waals surface area contributed by atoms with Gasteiger partial charge in [0.2, 0.25) is 12.6 Å². The van der Waals surface area contributed by atoms with E-state index in [1.54, 1.807) is 0 Å². The number of methoxy groups -OCH3 is 2. The Hall–Kier alpha value is -3.57. The first kappa shape index (κ1) is 42.2. The van der Waals surface area contributed by atoms with Crippen molar-refractivity contribution in [2.75, 3.05) is 27.4 Å². The van der Waals surface area contributed by atoms with E-state index in [1.165, 1.54) is 18.2 Å². The number of carbonyl (C=O) groups is 3. The number of aliphatic hydroxyl groups excluding tert-OH is 8. The number of carbonyl (C=O) groups excluding carboxylic acids is 3. The summed E-state index contributed by atoms with van der Waals surface area (Å²) in [6.07, 6.45) is -12.7. The van der Waals surface area contributed by atoms with Crippen molar-refractivity contribution in [1.29, 1.82) is 0 Å². The van der Waals surface area contributed by atoms with E-state index in [9.17, 15) is 55.2 Å². The van der Waals surface area contributed by atoms with Gasteiger partial charge in [0.15, 0.2) is 12.6 Å². The van der Waals surface area contributed by atoms with E-state index in [4.69, 9.17) is 37.9 Å². The standard InChI is InChI=1S/C34H46O19/c1-5-15-17(18(29(44)46-3)12-48-31(15)52-33-27(42)25(40)23(38)20(10-36)50-33)8-7-14(9-35)22-16(6-2)32(49-13-19(22)30(45)47-4)53-34-28(43)26(41)24(39)21(11-37)51-34/h5-7,9,12-13,15-17,20-28,31-34,36-43H,1-2,8,10-11H2,3-4H3. The first-order valence-electron chi connectivity index (χ1n) is 16.5. The molecule has 19 nitrogen and oxygen atoms in total. The van der Waals surface area contributed by atoms with Gasteiger partial charge in [-0.1, -0.05) is 18.2 Å². The van der Waals surface area contributed by atoms with E-state index >= 15 is 0 Å². The third-order valence-electron chi connectivity index (χ3n) is 9.59. The molecule has 8 N–H and O–H groups in total. The average Bonchev–Trinajstić information content (AvgIpc) is 3.17. The van der Waals surface area contributed by atoms with Crippen molar-refractivity contribution in [2.45, 2.75) is 80.4 Å². The molecular formula is C34H46O19. The summed E-state index contributed by atoms with van der Waals surface area (Å²) in [7, 11) is 2.23. The van der Waals surface area contributed by atoms with Crippen molar-refractivity contribution in [2.24, 2.45) is 23.7 Å². The summed E-state index contributed by atoms with van der Waals surface area (Å²) in [5.74, 6) is -5.82. The smallest absolute Gasteiger partial charge is 0.337 e. The molecule has 296 valence electrons. The molecule has 4 aliphatic heterocycles. The van der Waals surface area contributed by atoms with Crippen molar-refractivity contribution >= 4 is 18.2 Å². The third-order valence-corrected chi connectivity index (χ3v) is 9.59. The summed E-state index contributed by atoms with van der Waals surface area (Å²) in [5, 5.41) is 81.1. The second kappa shape index (κ2) is 18.7. The Balaban J connectivity index is 1.66. The zero-order chi connectivity index (χ0) is 39.1. The van der Waals surface area contributed by atoms with Crippen LogP contribution < -0.4 is 0 Å². The Kier molecular flexibility index (Phi) is 14.8. The van der Waals surface area contributed by atoms with Gasteiger partial charge in [0, 0.05) is 17.8 Å². The van der Waals surface area contributed by atoms with E-state index in [0.29, 0.717) is 6.29 Å².